The fourth-order valence-corrected chi connectivity index (χ4v) is 4.73. The van der Waals surface area contributed by atoms with Gasteiger partial charge in [-0.15, -0.1) is 11.3 Å². The summed E-state index contributed by atoms with van der Waals surface area (Å²) in [5, 5.41) is 11.5. The first-order valence-electron chi connectivity index (χ1n) is 9.24. The smallest absolute Gasteiger partial charge is 0.290 e. The number of rotatable bonds is 5. The molecule has 8 heteroatoms. The first-order valence-corrected chi connectivity index (χ1v) is 10.8. The number of aromatic nitrogens is 2. The normalized spacial score (nSPS) is 16.4. The third kappa shape index (κ3) is 3.68. The number of pyridine rings is 1. The van der Waals surface area contributed by atoms with Gasteiger partial charge in [0, 0.05) is 23.4 Å². The number of aliphatic hydroxyl groups is 1. The molecule has 0 saturated heterocycles. The van der Waals surface area contributed by atoms with E-state index in [-0.39, 0.29) is 17.9 Å². The van der Waals surface area contributed by atoms with Crippen molar-refractivity contribution >= 4 is 39.0 Å². The summed E-state index contributed by atoms with van der Waals surface area (Å²) >= 11 is 4.68. The van der Waals surface area contributed by atoms with Crippen LogP contribution in [0.3, 0.4) is 0 Å². The highest BCUT2D eigenvalue weighted by atomic mass is 79.9. The zero-order chi connectivity index (χ0) is 21.4. The zero-order valence-electron chi connectivity index (χ0n) is 16.3. The van der Waals surface area contributed by atoms with Crippen molar-refractivity contribution in [1.82, 2.24) is 14.9 Å². The largest absolute Gasteiger partial charge is 0.503 e. The molecular weight excluding hydrogens is 466 g/mol. The van der Waals surface area contributed by atoms with Gasteiger partial charge in [0.25, 0.3) is 5.91 Å². The van der Waals surface area contributed by atoms with Crippen molar-refractivity contribution in [3.8, 4) is 0 Å². The Bertz CT molecular complexity index is 1160. The Morgan fingerprint density at radius 1 is 1.23 bits per heavy atom. The molecule has 0 bridgehead atoms. The maximum Gasteiger partial charge on any atom is 0.290 e. The molecule has 0 spiro atoms. The minimum atomic E-state index is -0.708. The molecule has 1 aliphatic heterocycles. The number of aliphatic hydroxyl groups excluding tert-OH is 1. The van der Waals surface area contributed by atoms with Gasteiger partial charge in [-0.05, 0) is 43.2 Å². The minimum Gasteiger partial charge on any atom is -0.503 e. The molecule has 4 rings (SSSR count). The van der Waals surface area contributed by atoms with Crippen molar-refractivity contribution in [3.63, 3.8) is 0 Å². The van der Waals surface area contributed by atoms with Gasteiger partial charge in [0.2, 0.25) is 5.78 Å². The molecule has 3 heterocycles. The molecule has 2 aromatic heterocycles. The molecule has 0 aliphatic carbocycles. The third-order valence-electron chi connectivity index (χ3n) is 4.92. The summed E-state index contributed by atoms with van der Waals surface area (Å²) in [5.74, 6) is -1.46. The van der Waals surface area contributed by atoms with Gasteiger partial charge >= 0.3 is 0 Å². The van der Waals surface area contributed by atoms with E-state index < -0.39 is 17.7 Å². The first kappa shape index (κ1) is 20.4. The summed E-state index contributed by atoms with van der Waals surface area (Å²) in [7, 11) is 0. The van der Waals surface area contributed by atoms with Crippen molar-refractivity contribution in [2.75, 3.05) is 0 Å². The highest BCUT2D eigenvalue weighted by molar-refractivity contribution is 9.10. The Morgan fingerprint density at radius 2 is 1.97 bits per heavy atom. The maximum atomic E-state index is 13.4. The van der Waals surface area contributed by atoms with Gasteiger partial charge in [0.1, 0.15) is 0 Å². The molecule has 152 valence electrons. The zero-order valence-corrected chi connectivity index (χ0v) is 18.7. The standard InChI is InChI=1S/C22H18BrN3O3S/c1-12-21(30-13(2)25-12)19(27)17-18(15-5-7-16(23)8-6-15)26(22(29)20(17)28)11-14-4-3-9-24-10-14/h3-10,18,28H,11H2,1-2H3/t18-/m0/s1. The molecule has 0 unspecified atom stereocenters. The van der Waals surface area contributed by atoms with E-state index in [1.54, 1.807) is 25.4 Å². The van der Waals surface area contributed by atoms with Crippen molar-refractivity contribution in [3.05, 3.63) is 91.3 Å². The number of nitrogens with zero attached hydrogens (tertiary/aromatic N) is 3. The number of thiazole rings is 1. The van der Waals surface area contributed by atoms with Crippen LogP contribution in [-0.2, 0) is 11.3 Å². The lowest BCUT2D eigenvalue weighted by atomic mass is 9.95. The number of aryl methyl sites for hydroxylation is 2. The molecule has 1 atom stereocenters. The van der Waals surface area contributed by atoms with Crippen LogP contribution >= 0.6 is 27.3 Å². The lowest BCUT2D eigenvalue weighted by Gasteiger charge is -2.27. The summed E-state index contributed by atoms with van der Waals surface area (Å²) < 4.78 is 0.879. The molecule has 30 heavy (non-hydrogen) atoms. The Morgan fingerprint density at radius 3 is 2.57 bits per heavy atom. The van der Waals surface area contributed by atoms with Crippen molar-refractivity contribution in [1.29, 1.82) is 0 Å². The van der Waals surface area contributed by atoms with Crippen molar-refractivity contribution < 1.29 is 14.7 Å². The summed E-state index contributed by atoms with van der Waals surface area (Å²) in [6.07, 6.45) is 3.32. The predicted octanol–water partition coefficient (Wildman–Crippen LogP) is 4.70. The maximum absolute atomic E-state index is 13.4. The van der Waals surface area contributed by atoms with E-state index >= 15 is 0 Å². The Labute approximate surface area is 186 Å². The number of carbonyl (C=O) groups excluding carboxylic acids is 2. The van der Waals surface area contributed by atoms with E-state index in [1.807, 2.05) is 37.3 Å². The molecule has 1 amide bonds. The van der Waals surface area contributed by atoms with Gasteiger partial charge in [-0.25, -0.2) is 4.98 Å². The van der Waals surface area contributed by atoms with Crippen LogP contribution in [-0.4, -0.2) is 31.7 Å². The number of carbonyl (C=O) groups is 2. The van der Waals surface area contributed by atoms with Crippen LogP contribution in [0.2, 0.25) is 0 Å². The third-order valence-corrected chi connectivity index (χ3v) is 6.52. The Balaban J connectivity index is 1.81. The van der Waals surface area contributed by atoms with Crippen LogP contribution in [0.4, 0.5) is 0 Å². The van der Waals surface area contributed by atoms with Gasteiger partial charge in [-0.1, -0.05) is 34.1 Å². The number of hydrogen-bond donors (Lipinski definition) is 1. The van der Waals surface area contributed by atoms with Crippen LogP contribution in [0.25, 0.3) is 0 Å². The van der Waals surface area contributed by atoms with Gasteiger partial charge in [0.15, 0.2) is 5.76 Å². The van der Waals surface area contributed by atoms with E-state index in [4.69, 9.17) is 0 Å². The van der Waals surface area contributed by atoms with Gasteiger partial charge in [-0.3, -0.25) is 14.6 Å². The molecule has 0 radical (unpaired) electrons. The summed E-state index contributed by atoms with van der Waals surface area (Å²) in [6, 6.07) is 10.3. The fourth-order valence-electron chi connectivity index (χ4n) is 3.59. The second-order valence-corrected chi connectivity index (χ2v) is 9.11. The Hall–Kier alpha value is -2.84. The average Bonchev–Trinajstić information content (AvgIpc) is 3.20. The fraction of sp³-hybridized carbons (Fsp3) is 0.182. The second kappa shape index (κ2) is 8.12. The quantitative estimate of drug-likeness (QED) is 0.531. The van der Waals surface area contributed by atoms with Gasteiger partial charge in [-0.2, -0.15) is 0 Å². The van der Waals surface area contributed by atoms with Crippen LogP contribution in [0.1, 0.15) is 37.5 Å². The van der Waals surface area contributed by atoms with E-state index in [1.165, 1.54) is 16.2 Å². The van der Waals surface area contributed by atoms with Gasteiger partial charge in [0.05, 0.1) is 27.2 Å². The van der Waals surface area contributed by atoms with E-state index in [2.05, 4.69) is 25.9 Å². The monoisotopic (exact) mass is 483 g/mol. The van der Waals surface area contributed by atoms with Crippen LogP contribution in [0.15, 0.2) is 64.6 Å². The molecule has 0 fully saturated rings. The summed E-state index contributed by atoms with van der Waals surface area (Å²) in [4.78, 5) is 36.8. The molecular formula is C22H18BrN3O3S. The number of benzene rings is 1. The van der Waals surface area contributed by atoms with Crippen molar-refractivity contribution in [2.45, 2.75) is 26.4 Å². The van der Waals surface area contributed by atoms with Crippen molar-refractivity contribution in [2.24, 2.45) is 0 Å². The number of halogens is 1. The average molecular weight is 484 g/mol. The number of hydrogen-bond acceptors (Lipinski definition) is 6. The van der Waals surface area contributed by atoms with Crippen LogP contribution in [0, 0.1) is 13.8 Å². The van der Waals surface area contributed by atoms with E-state index in [0.717, 1.165) is 20.6 Å². The summed E-state index contributed by atoms with van der Waals surface area (Å²) in [6.45, 7) is 3.80. The van der Waals surface area contributed by atoms with E-state index in [0.29, 0.717) is 10.6 Å². The molecule has 1 aromatic carbocycles. The lowest BCUT2D eigenvalue weighted by Crippen LogP contribution is -2.30. The second-order valence-electron chi connectivity index (χ2n) is 6.99. The molecule has 1 N–H and O–H groups in total. The van der Waals surface area contributed by atoms with Gasteiger partial charge < -0.3 is 10.0 Å². The predicted molar refractivity (Wildman–Crippen MR) is 117 cm³/mol. The minimum absolute atomic E-state index is 0.0814. The molecule has 1 aliphatic rings. The molecule has 3 aromatic rings. The highest BCUT2D eigenvalue weighted by Crippen LogP contribution is 2.41. The summed E-state index contributed by atoms with van der Waals surface area (Å²) in [5.41, 5.74) is 2.22. The highest BCUT2D eigenvalue weighted by Gasteiger charge is 2.44. The Kier molecular flexibility index (Phi) is 5.53. The molecule has 0 saturated carbocycles. The number of Topliss-reactive ketones (excluding diaryl/α,β-unsaturated/α-hetero) is 1. The van der Waals surface area contributed by atoms with Crippen LogP contribution in [0.5, 0.6) is 0 Å². The number of ketones is 1. The first-order chi connectivity index (χ1) is 14.4. The van der Waals surface area contributed by atoms with Crippen LogP contribution < -0.4 is 0 Å². The topological polar surface area (TPSA) is 83.4 Å². The SMILES string of the molecule is Cc1nc(C)c(C(=O)C2=C(O)C(=O)N(Cc3cccnc3)[C@H]2c2ccc(Br)cc2)s1. The number of amides is 1. The lowest BCUT2D eigenvalue weighted by molar-refractivity contribution is -0.130. The molecule has 6 nitrogen and oxygen atoms in total. The van der Waals surface area contributed by atoms with E-state index in [9.17, 15) is 14.7 Å².